The maximum absolute atomic E-state index is 12.2. The largest absolute Gasteiger partial charge is 0.397 e. The number of rotatable bonds is 3. The van der Waals surface area contributed by atoms with Gasteiger partial charge in [-0.05, 0) is 31.5 Å². The molecular weight excluding hydrogens is 299 g/mol. The minimum absolute atomic E-state index is 0.260. The number of nitrogens with one attached hydrogen (secondary N) is 1. The fraction of sp³-hybridized carbons (Fsp3) is 0.231. The van der Waals surface area contributed by atoms with E-state index < -0.39 is 6.04 Å². The molecule has 2 rings (SSSR count). The molecule has 2 aromatic rings. The number of aromatic nitrogens is 2. The van der Waals surface area contributed by atoms with Gasteiger partial charge in [-0.25, -0.2) is 0 Å². The quantitative estimate of drug-likeness (QED) is 0.854. The Kier molecular flexibility index (Phi) is 4.20. The van der Waals surface area contributed by atoms with Crippen molar-refractivity contribution in [1.82, 2.24) is 9.78 Å². The van der Waals surface area contributed by atoms with Crippen molar-refractivity contribution in [3.05, 3.63) is 40.1 Å². The third-order valence-corrected chi connectivity index (χ3v) is 3.36. The lowest BCUT2D eigenvalue weighted by atomic mass is 10.2. The molecule has 1 atom stereocenters. The minimum atomic E-state index is -0.477. The van der Waals surface area contributed by atoms with E-state index in [0.717, 1.165) is 5.56 Å². The van der Waals surface area contributed by atoms with Crippen molar-refractivity contribution in [2.75, 3.05) is 11.1 Å². The number of hydrogen-bond donors (Lipinski definition) is 2. The summed E-state index contributed by atoms with van der Waals surface area (Å²) < 4.78 is 1.57. The molecule has 0 aliphatic heterocycles. The maximum atomic E-state index is 12.2. The lowest BCUT2D eigenvalue weighted by Crippen LogP contribution is -2.24. The second-order valence-corrected chi connectivity index (χ2v) is 5.36. The van der Waals surface area contributed by atoms with Crippen LogP contribution in [0.1, 0.15) is 18.5 Å². The normalized spacial score (nSPS) is 12.2. The van der Waals surface area contributed by atoms with Crippen LogP contribution in [0, 0.1) is 6.92 Å². The molecular formula is C13H14Cl2N4O. The molecule has 0 radical (unpaired) electrons. The van der Waals surface area contributed by atoms with E-state index in [9.17, 15) is 4.79 Å². The average Bonchev–Trinajstić information content (AvgIpc) is 2.79. The number of halogens is 2. The van der Waals surface area contributed by atoms with E-state index in [1.165, 1.54) is 12.1 Å². The zero-order chi connectivity index (χ0) is 14.9. The first-order chi connectivity index (χ1) is 9.38. The first kappa shape index (κ1) is 14.7. The number of carbonyl (C=O) groups excluding carboxylic acids is 1. The highest BCUT2D eigenvalue weighted by Crippen LogP contribution is 2.32. The summed E-state index contributed by atoms with van der Waals surface area (Å²) >= 11 is 11.9. The molecule has 3 N–H and O–H groups in total. The fourth-order valence-electron chi connectivity index (χ4n) is 1.72. The van der Waals surface area contributed by atoms with E-state index in [1.807, 2.05) is 6.92 Å². The summed E-state index contributed by atoms with van der Waals surface area (Å²) in [4.78, 5) is 12.2. The molecule has 5 nitrogen and oxygen atoms in total. The fourth-order valence-corrected chi connectivity index (χ4v) is 2.27. The van der Waals surface area contributed by atoms with E-state index in [4.69, 9.17) is 28.9 Å². The molecule has 1 heterocycles. The number of benzene rings is 1. The van der Waals surface area contributed by atoms with Gasteiger partial charge >= 0.3 is 0 Å². The van der Waals surface area contributed by atoms with Gasteiger partial charge in [0.1, 0.15) is 6.04 Å². The standard InChI is InChI=1S/C13H14Cl2N4O/c1-7-5-17-19(6-7)8(2)13(20)18-12-10(15)3-9(14)4-11(12)16/h3-6,8H,16H2,1-2H3,(H,18,20). The van der Waals surface area contributed by atoms with Crippen molar-refractivity contribution in [2.24, 2.45) is 0 Å². The molecule has 7 heteroatoms. The molecule has 0 aliphatic carbocycles. The van der Waals surface area contributed by atoms with Gasteiger partial charge in [0, 0.05) is 11.2 Å². The van der Waals surface area contributed by atoms with Crippen molar-refractivity contribution in [1.29, 1.82) is 0 Å². The van der Waals surface area contributed by atoms with Gasteiger partial charge in [-0.3, -0.25) is 9.48 Å². The average molecular weight is 313 g/mol. The van der Waals surface area contributed by atoms with Gasteiger partial charge < -0.3 is 11.1 Å². The topological polar surface area (TPSA) is 72.9 Å². The second kappa shape index (κ2) is 5.73. The predicted molar refractivity (Wildman–Crippen MR) is 81.2 cm³/mol. The highest BCUT2D eigenvalue weighted by molar-refractivity contribution is 6.37. The molecule has 0 aliphatic rings. The third kappa shape index (κ3) is 3.05. The summed E-state index contributed by atoms with van der Waals surface area (Å²) in [6.45, 7) is 3.64. The van der Waals surface area contributed by atoms with Gasteiger partial charge in [-0.15, -0.1) is 0 Å². The molecule has 0 saturated heterocycles. The van der Waals surface area contributed by atoms with Gasteiger partial charge in [0.2, 0.25) is 5.91 Å². The zero-order valence-corrected chi connectivity index (χ0v) is 12.5. The molecule has 106 valence electrons. The lowest BCUT2D eigenvalue weighted by molar-refractivity contribution is -0.119. The number of nitrogens with zero attached hydrogens (tertiary/aromatic N) is 2. The van der Waals surface area contributed by atoms with Crippen LogP contribution in [0.4, 0.5) is 11.4 Å². The minimum Gasteiger partial charge on any atom is -0.397 e. The number of amides is 1. The Morgan fingerprint density at radius 2 is 2.15 bits per heavy atom. The summed E-state index contributed by atoms with van der Waals surface area (Å²) in [5, 5.41) is 7.52. The summed E-state index contributed by atoms with van der Waals surface area (Å²) in [7, 11) is 0. The number of carbonyl (C=O) groups is 1. The van der Waals surface area contributed by atoms with Gasteiger partial charge in [-0.1, -0.05) is 23.2 Å². The summed E-state index contributed by atoms with van der Waals surface area (Å²) in [6, 6.07) is 2.58. The first-order valence-electron chi connectivity index (χ1n) is 5.94. The number of aryl methyl sites for hydroxylation is 1. The van der Waals surface area contributed by atoms with Crippen LogP contribution in [0.15, 0.2) is 24.5 Å². The van der Waals surface area contributed by atoms with Crippen molar-refractivity contribution in [3.63, 3.8) is 0 Å². The highest BCUT2D eigenvalue weighted by atomic mass is 35.5. The summed E-state index contributed by atoms with van der Waals surface area (Å²) in [6.07, 6.45) is 3.48. The third-order valence-electron chi connectivity index (χ3n) is 2.84. The Hall–Kier alpha value is -1.72. The smallest absolute Gasteiger partial charge is 0.249 e. The molecule has 0 saturated carbocycles. The van der Waals surface area contributed by atoms with Gasteiger partial charge in [-0.2, -0.15) is 5.10 Å². The number of nitrogens with two attached hydrogens (primary N) is 1. The Balaban J connectivity index is 2.20. The van der Waals surface area contributed by atoms with Crippen molar-refractivity contribution < 1.29 is 4.79 Å². The lowest BCUT2D eigenvalue weighted by Gasteiger charge is -2.15. The number of hydrogen-bond acceptors (Lipinski definition) is 3. The molecule has 20 heavy (non-hydrogen) atoms. The Morgan fingerprint density at radius 1 is 1.45 bits per heavy atom. The molecule has 1 amide bonds. The Morgan fingerprint density at radius 3 is 2.70 bits per heavy atom. The van der Waals surface area contributed by atoms with Crippen LogP contribution in [0.25, 0.3) is 0 Å². The molecule has 1 aromatic heterocycles. The Bertz CT molecular complexity index is 631. The molecule has 1 unspecified atom stereocenters. The number of anilines is 2. The highest BCUT2D eigenvalue weighted by Gasteiger charge is 2.18. The van der Waals surface area contributed by atoms with E-state index >= 15 is 0 Å². The van der Waals surface area contributed by atoms with Crippen molar-refractivity contribution in [3.8, 4) is 0 Å². The molecule has 0 bridgehead atoms. The number of nitrogen functional groups attached to an aromatic ring is 1. The SMILES string of the molecule is Cc1cnn(C(C)C(=O)Nc2c(N)cc(Cl)cc2Cl)c1. The van der Waals surface area contributed by atoms with E-state index in [1.54, 1.807) is 24.0 Å². The van der Waals surface area contributed by atoms with Crippen LogP contribution in [-0.2, 0) is 4.79 Å². The van der Waals surface area contributed by atoms with Gasteiger partial charge in [0.15, 0.2) is 0 Å². The monoisotopic (exact) mass is 312 g/mol. The van der Waals surface area contributed by atoms with E-state index in [2.05, 4.69) is 10.4 Å². The van der Waals surface area contributed by atoms with Crippen LogP contribution in [-0.4, -0.2) is 15.7 Å². The molecule has 0 spiro atoms. The molecule has 1 aromatic carbocycles. The molecule has 0 fully saturated rings. The predicted octanol–water partition coefficient (Wildman–Crippen LogP) is 3.28. The maximum Gasteiger partial charge on any atom is 0.249 e. The van der Waals surface area contributed by atoms with Crippen molar-refractivity contribution in [2.45, 2.75) is 19.9 Å². The summed E-state index contributed by atoms with van der Waals surface area (Å²) in [5.41, 5.74) is 7.46. The van der Waals surface area contributed by atoms with Crippen LogP contribution in [0.3, 0.4) is 0 Å². The van der Waals surface area contributed by atoms with Gasteiger partial charge in [0.25, 0.3) is 0 Å². The second-order valence-electron chi connectivity index (χ2n) is 4.51. The van der Waals surface area contributed by atoms with Gasteiger partial charge in [0.05, 0.1) is 22.6 Å². The van der Waals surface area contributed by atoms with Crippen LogP contribution in [0.2, 0.25) is 10.0 Å². The van der Waals surface area contributed by atoms with Crippen LogP contribution < -0.4 is 11.1 Å². The first-order valence-corrected chi connectivity index (χ1v) is 6.70. The Labute approximate surface area is 126 Å². The van der Waals surface area contributed by atoms with E-state index in [-0.39, 0.29) is 5.91 Å². The van der Waals surface area contributed by atoms with Crippen LogP contribution in [0.5, 0.6) is 0 Å². The van der Waals surface area contributed by atoms with E-state index in [0.29, 0.717) is 21.4 Å². The van der Waals surface area contributed by atoms with Crippen molar-refractivity contribution >= 4 is 40.5 Å². The summed E-state index contributed by atoms with van der Waals surface area (Å²) in [5.74, 6) is -0.260. The van der Waals surface area contributed by atoms with Crippen LogP contribution >= 0.6 is 23.2 Å². The zero-order valence-electron chi connectivity index (χ0n) is 11.0.